The summed E-state index contributed by atoms with van der Waals surface area (Å²) in [5.41, 5.74) is 0. The molecule has 76 valence electrons. The van der Waals surface area contributed by atoms with Gasteiger partial charge in [-0.05, 0) is 44.2 Å². The van der Waals surface area contributed by atoms with E-state index in [1.54, 1.807) is 6.92 Å². The SMILES string of the molecule is CC(=O)CCC1CCC(CP)CC1. The molecule has 0 saturated heterocycles. The van der Waals surface area contributed by atoms with E-state index >= 15 is 0 Å². The van der Waals surface area contributed by atoms with Gasteiger partial charge < -0.3 is 4.79 Å². The quantitative estimate of drug-likeness (QED) is 0.637. The van der Waals surface area contributed by atoms with Crippen molar-refractivity contribution in [2.45, 2.75) is 45.4 Å². The van der Waals surface area contributed by atoms with Crippen molar-refractivity contribution in [3.63, 3.8) is 0 Å². The lowest BCUT2D eigenvalue weighted by Gasteiger charge is -2.27. The van der Waals surface area contributed by atoms with Crippen molar-refractivity contribution in [3.8, 4) is 0 Å². The highest BCUT2D eigenvalue weighted by Gasteiger charge is 2.19. The number of carbonyl (C=O) groups is 1. The standard InChI is InChI=1S/C11H21OP/c1-9(12)2-3-10-4-6-11(8-13)7-5-10/h10-11H,2-8,13H2,1H3. The first kappa shape index (κ1) is 11.2. The molecule has 1 rings (SSSR count). The monoisotopic (exact) mass is 200 g/mol. The van der Waals surface area contributed by atoms with Gasteiger partial charge in [0.1, 0.15) is 5.78 Å². The second-order valence-electron chi connectivity index (χ2n) is 4.36. The van der Waals surface area contributed by atoms with Crippen LogP contribution in [-0.2, 0) is 4.79 Å². The molecule has 0 N–H and O–H groups in total. The molecule has 0 amide bonds. The van der Waals surface area contributed by atoms with Crippen molar-refractivity contribution >= 4 is 15.0 Å². The van der Waals surface area contributed by atoms with Crippen LogP contribution in [0.25, 0.3) is 0 Å². The summed E-state index contributed by atoms with van der Waals surface area (Å²) >= 11 is 0. The lowest BCUT2D eigenvalue weighted by molar-refractivity contribution is -0.117. The lowest BCUT2D eigenvalue weighted by Crippen LogP contribution is -2.15. The van der Waals surface area contributed by atoms with Crippen molar-refractivity contribution in [1.82, 2.24) is 0 Å². The minimum absolute atomic E-state index is 0.355. The zero-order chi connectivity index (χ0) is 9.68. The second kappa shape index (κ2) is 5.75. The third-order valence-corrected chi connectivity index (χ3v) is 3.87. The number of carbonyl (C=O) groups excluding carboxylic acids is 1. The Labute approximate surface area is 83.9 Å². The Kier molecular flexibility index (Phi) is 4.94. The van der Waals surface area contributed by atoms with Crippen molar-refractivity contribution in [2.24, 2.45) is 11.8 Å². The van der Waals surface area contributed by atoms with Crippen molar-refractivity contribution < 1.29 is 4.79 Å². The second-order valence-corrected chi connectivity index (χ2v) is 4.83. The van der Waals surface area contributed by atoms with Crippen LogP contribution in [0.3, 0.4) is 0 Å². The Balaban J connectivity index is 2.14. The van der Waals surface area contributed by atoms with Gasteiger partial charge in [0.25, 0.3) is 0 Å². The number of ketones is 1. The van der Waals surface area contributed by atoms with Gasteiger partial charge in [-0.25, -0.2) is 0 Å². The van der Waals surface area contributed by atoms with Gasteiger partial charge in [-0.15, -0.1) is 9.24 Å². The number of Topliss-reactive ketones (excluding diaryl/α,β-unsaturated/α-hetero) is 1. The Hall–Kier alpha value is 0.100. The average molecular weight is 200 g/mol. The summed E-state index contributed by atoms with van der Waals surface area (Å²) < 4.78 is 0. The molecule has 0 aromatic carbocycles. The Bertz CT molecular complexity index is 159. The van der Waals surface area contributed by atoms with Crippen LogP contribution in [0.15, 0.2) is 0 Å². The van der Waals surface area contributed by atoms with Gasteiger partial charge in [0.15, 0.2) is 0 Å². The van der Waals surface area contributed by atoms with Crippen molar-refractivity contribution in [2.75, 3.05) is 6.16 Å². The van der Waals surface area contributed by atoms with E-state index in [1.165, 1.54) is 31.8 Å². The molecule has 1 atom stereocenters. The van der Waals surface area contributed by atoms with Gasteiger partial charge in [-0.3, -0.25) is 0 Å². The largest absolute Gasteiger partial charge is 0.300 e. The molecular weight excluding hydrogens is 179 g/mol. The Morgan fingerprint density at radius 1 is 1.23 bits per heavy atom. The predicted octanol–water partition coefficient (Wildman–Crippen LogP) is 3.04. The van der Waals surface area contributed by atoms with E-state index < -0.39 is 0 Å². The maximum atomic E-state index is 10.8. The minimum atomic E-state index is 0.355. The van der Waals surface area contributed by atoms with Crippen LogP contribution >= 0.6 is 9.24 Å². The smallest absolute Gasteiger partial charge is 0.129 e. The highest BCUT2D eigenvalue weighted by Crippen LogP contribution is 2.32. The van der Waals surface area contributed by atoms with Crippen LogP contribution in [-0.4, -0.2) is 11.9 Å². The molecule has 0 spiro atoms. The highest BCUT2D eigenvalue weighted by atomic mass is 31.0. The third kappa shape index (κ3) is 4.22. The first-order chi connectivity index (χ1) is 6.22. The predicted molar refractivity (Wildman–Crippen MR) is 59.9 cm³/mol. The van der Waals surface area contributed by atoms with E-state index in [4.69, 9.17) is 0 Å². The zero-order valence-electron chi connectivity index (χ0n) is 8.59. The average Bonchev–Trinajstić information content (AvgIpc) is 2.15. The van der Waals surface area contributed by atoms with Crippen LogP contribution in [0.2, 0.25) is 0 Å². The van der Waals surface area contributed by atoms with Gasteiger partial charge in [-0.2, -0.15) is 0 Å². The molecule has 0 radical (unpaired) electrons. The maximum Gasteiger partial charge on any atom is 0.129 e. The number of hydrogen-bond donors (Lipinski definition) is 0. The van der Waals surface area contributed by atoms with Crippen molar-refractivity contribution in [1.29, 1.82) is 0 Å². The fraction of sp³-hybridized carbons (Fsp3) is 0.909. The molecule has 0 bridgehead atoms. The van der Waals surface area contributed by atoms with Gasteiger partial charge in [-0.1, -0.05) is 12.8 Å². The summed E-state index contributed by atoms with van der Waals surface area (Å²) in [6, 6.07) is 0. The van der Waals surface area contributed by atoms with Crippen LogP contribution < -0.4 is 0 Å². The molecule has 1 nitrogen and oxygen atoms in total. The van der Waals surface area contributed by atoms with Gasteiger partial charge in [0.05, 0.1) is 0 Å². The topological polar surface area (TPSA) is 17.1 Å². The van der Waals surface area contributed by atoms with Crippen LogP contribution in [0.4, 0.5) is 0 Å². The number of hydrogen-bond acceptors (Lipinski definition) is 1. The van der Waals surface area contributed by atoms with Gasteiger partial charge in [0, 0.05) is 6.42 Å². The van der Waals surface area contributed by atoms with Crippen LogP contribution in [0.5, 0.6) is 0 Å². The molecule has 13 heavy (non-hydrogen) atoms. The van der Waals surface area contributed by atoms with Gasteiger partial charge in [0.2, 0.25) is 0 Å². The lowest BCUT2D eigenvalue weighted by atomic mass is 9.80. The Morgan fingerprint density at radius 2 is 1.77 bits per heavy atom. The van der Waals surface area contributed by atoms with E-state index in [0.717, 1.165) is 24.7 Å². The zero-order valence-corrected chi connectivity index (χ0v) is 9.74. The summed E-state index contributed by atoms with van der Waals surface area (Å²) in [7, 11) is 2.85. The van der Waals surface area contributed by atoms with Crippen LogP contribution in [0.1, 0.15) is 45.4 Å². The maximum absolute atomic E-state index is 10.8. The van der Waals surface area contributed by atoms with Crippen molar-refractivity contribution in [3.05, 3.63) is 0 Å². The molecule has 1 aliphatic carbocycles. The van der Waals surface area contributed by atoms with Gasteiger partial charge >= 0.3 is 0 Å². The normalized spacial score (nSPS) is 28.8. The van der Waals surface area contributed by atoms with E-state index in [-0.39, 0.29) is 0 Å². The molecular formula is C11H21OP. The first-order valence-electron chi connectivity index (χ1n) is 5.42. The van der Waals surface area contributed by atoms with E-state index in [2.05, 4.69) is 9.24 Å². The molecule has 1 saturated carbocycles. The molecule has 0 aromatic heterocycles. The summed E-state index contributed by atoms with van der Waals surface area (Å²) in [4.78, 5) is 10.8. The third-order valence-electron chi connectivity index (χ3n) is 3.20. The summed E-state index contributed by atoms with van der Waals surface area (Å²) in [5, 5.41) is 0. The number of rotatable bonds is 4. The summed E-state index contributed by atoms with van der Waals surface area (Å²) in [6.45, 7) is 1.70. The van der Waals surface area contributed by atoms with E-state index in [1.807, 2.05) is 0 Å². The highest BCUT2D eigenvalue weighted by molar-refractivity contribution is 7.16. The molecule has 1 aliphatic rings. The minimum Gasteiger partial charge on any atom is -0.300 e. The molecule has 1 fully saturated rings. The fourth-order valence-corrected chi connectivity index (χ4v) is 2.63. The molecule has 1 unspecified atom stereocenters. The van der Waals surface area contributed by atoms with Crippen LogP contribution in [0, 0.1) is 11.8 Å². The molecule has 0 aliphatic heterocycles. The summed E-state index contributed by atoms with van der Waals surface area (Å²) in [5.74, 6) is 2.14. The summed E-state index contributed by atoms with van der Waals surface area (Å²) in [6.07, 6.45) is 8.67. The Morgan fingerprint density at radius 3 is 2.23 bits per heavy atom. The first-order valence-corrected chi connectivity index (χ1v) is 6.23. The molecule has 2 heteroatoms. The fourth-order valence-electron chi connectivity index (χ4n) is 2.16. The molecule has 0 heterocycles. The van der Waals surface area contributed by atoms with E-state index in [0.29, 0.717) is 5.78 Å². The van der Waals surface area contributed by atoms with E-state index in [9.17, 15) is 4.79 Å². The molecule has 0 aromatic rings.